The van der Waals surface area contributed by atoms with Crippen LogP contribution in [-0.2, 0) is 5.33 Å². The van der Waals surface area contributed by atoms with Crippen molar-refractivity contribution in [2.24, 2.45) is 0 Å². The third-order valence-corrected chi connectivity index (χ3v) is 5.38. The van der Waals surface area contributed by atoms with Crippen LogP contribution >= 0.6 is 31.9 Å². The summed E-state index contributed by atoms with van der Waals surface area (Å²) in [5, 5.41) is 0.907. The predicted octanol–water partition coefficient (Wildman–Crippen LogP) is 4.26. The van der Waals surface area contributed by atoms with Gasteiger partial charge in [0.1, 0.15) is 0 Å². The number of hydrogen-bond donors (Lipinski definition) is 0. The van der Waals surface area contributed by atoms with Crippen molar-refractivity contribution in [1.82, 2.24) is 4.90 Å². The molecule has 1 aliphatic rings. The molecule has 0 saturated carbocycles. The maximum atomic E-state index is 3.71. The van der Waals surface area contributed by atoms with Gasteiger partial charge in [0.25, 0.3) is 0 Å². The van der Waals surface area contributed by atoms with Crippen molar-refractivity contribution in [1.29, 1.82) is 0 Å². The van der Waals surface area contributed by atoms with E-state index < -0.39 is 0 Å². The van der Waals surface area contributed by atoms with E-state index in [9.17, 15) is 0 Å². The second-order valence-electron chi connectivity index (χ2n) is 5.20. The van der Waals surface area contributed by atoms with E-state index in [1.54, 1.807) is 0 Å². The molecule has 1 saturated heterocycles. The molecule has 1 fully saturated rings. The van der Waals surface area contributed by atoms with Crippen LogP contribution in [0.4, 0.5) is 5.69 Å². The van der Waals surface area contributed by atoms with E-state index in [-0.39, 0.29) is 0 Å². The zero-order valence-corrected chi connectivity index (χ0v) is 14.9. The molecule has 0 aliphatic carbocycles. The number of piperidine rings is 1. The summed E-state index contributed by atoms with van der Waals surface area (Å²) in [6, 6.07) is 7.30. The molecule has 0 radical (unpaired) electrons. The highest BCUT2D eigenvalue weighted by Crippen LogP contribution is 2.30. The molecule has 19 heavy (non-hydrogen) atoms. The third kappa shape index (κ3) is 3.73. The molecule has 2 rings (SSSR count). The molecule has 0 N–H and O–H groups in total. The number of alkyl halides is 1. The topological polar surface area (TPSA) is 6.48 Å². The molecular formula is C15H22Br2N2. The second-order valence-corrected chi connectivity index (χ2v) is 6.61. The molecular weight excluding hydrogens is 368 g/mol. The Bertz CT molecular complexity index is 415. The molecule has 1 aromatic carbocycles. The average molecular weight is 390 g/mol. The van der Waals surface area contributed by atoms with E-state index >= 15 is 0 Å². The molecule has 106 valence electrons. The molecule has 0 unspecified atom stereocenters. The Balaban J connectivity index is 2.05. The van der Waals surface area contributed by atoms with Crippen molar-refractivity contribution in [3.63, 3.8) is 0 Å². The van der Waals surface area contributed by atoms with E-state index in [2.05, 4.69) is 73.8 Å². The van der Waals surface area contributed by atoms with Gasteiger partial charge in [0.2, 0.25) is 0 Å². The second kappa shape index (κ2) is 7.09. The predicted molar refractivity (Wildman–Crippen MR) is 90.3 cm³/mol. The summed E-state index contributed by atoms with van der Waals surface area (Å²) < 4.78 is 1.20. The van der Waals surface area contributed by atoms with Crippen molar-refractivity contribution in [3.8, 4) is 0 Å². The summed E-state index contributed by atoms with van der Waals surface area (Å²) in [5.41, 5.74) is 2.62. The van der Waals surface area contributed by atoms with Gasteiger partial charge in [-0.1, -0.05) is 28.9 Å². The van der Waals surface area contributed by atoms with Crippen molar-refractivity contribution >= 4 is 37.5 Å². The average Bonchev–Trinajstić information content (AvgIpc) is 2.46. The van der Waals surface area contributed by atoms with Gasteiger partial charge in [-0.05, 0) is 53.0 Å². The van der Waals surface area contributed by atoms with Gasteiger partial charge in [-0.25, -0.2) is 0 Å². The lowest BCUT2D eigenvalue weighted by Gasteiger charge is -2.37. The van der Waals surface area contributed by atoms with Crippen LogP contribution in [-0.4, -0.2) is 37.6 Å². The number of hydrogen-bond acceptors (Lipinski definition) is 2. The highest BCUT2D eigenvalue weighted by Gasteiger charge is 2.22. The highest BCUT2D eigenvalue weighted by molar-refractivity contribution is 9.10. The molecule has 0 spiro atoms. The first-order valence-corrected chi connectivity index (χ1v) is 8.86. The van der Waals surface area contributed by atoms with Gasteiger partial charge in [0.05, 0.1) is 5.69 Å². The van der Waals surface area contributed by atoms with E-state index in [1.165, 1.54) is 48.2 Å². The van der Waals surface area contributed by atoms with E-state index in [0.717, 1.165) is 5.33 Å². The molecule has 1 aromatic rings. The standard InChI is InChI=1S/C15H22Br2N2/c1-3-19-8-6-13(7-9-19)18(2)15-5-4-12(11-16)10-14(15)17/h4-5,10,13H,3,6-9,11H2,1-2H3. The number of benzene rings is 1. The number of nitrogens with zero attached hydrogens (tertiary/aromatic N) is 2. The van der Waals surface area contributed by atoms with Crippen LogP contribution in [0.5, 0.6) is 0 Å². The fraction of sp³-hybridized carbons (Fsp3) is 0.600. The van der Waals surface area contributed by atoms with Crippen LogP contribution < -0.4 is 4.90 Å². The Morgan fingerprint density at radius 3 is 2.53 bits per heavy atom. The Morgan fingerprint density at radius 1 is 1.32 bits per heavy atom. The minimum Gasteiger partial charge on any atom is -0.371 e. The van der Waals surface area contributed by atoms with Crippen LogP contribution in [0.3, 0.4) is 0 Å². The molecule has 2 nitrogen and oxygen atoms in total. The number of rotatable bonds is 4. The first kappa shape index (κ1) is 15.3. The van der Waals surface area contributed by atoms with Crippen molar-refractivity contribution in [2.75, 3.05) is 31.6 Å². The lowest BCUT2D eigenvalue weighted by atomic mass is 10.0. The van der Waals surface area contributed by atoms with Gasteiger partial charge in [-0.3, -0.25) is 0 Å². The summed E-state index contributed by atoms with van der Waals surface area (Å²) in [6.07, 6.45) is 2.52. The van der Waals surface area contributed by atoms with Gasteiger partial charge < -0.3 is 9.80 Å². The highest BCUT2D eigenvalue weighted by atomic mass is 79.9. The Labute approximate surface area is 133 Å². The Kier molecular flexibility index (Phi) is 5.72. The van der Waals surface area contributed by atoms with E-state index in [0.29, 0.717) is 6.04 Å². The lowest BCUT2D eigenvalue weighted by molar-refractivity contribution is 0.221. The number of anilines is 1. The van der Waals surface area contributed by atoms with E-state index in [4.69, 9.17) is 0 Å². The van der Waals surface area contributed by atoms with Gasteiger partial charge in [0.15, 0.2) is 0 Å². The number of halogens is 2. The Morgan fingerprint density at radius 2 is 2.00 bits per heavy atom. The zero-order valence-electron chi connectivity index (χ0n) is 11.7. The van der Waals surface area contributed by atoms with Crippen molar-refractivity contribution in [2.45, 2.75) is 31.1 Å². The van der Waals surface area contributed by atoms with Gasteiger partial charge in [0, 0.05) is 36.0 Å². The summed E-state index contributed by atoms with van der Waals surface area (Å²) in [4.78, 5) is 4.97. The van der Waals surface area contributed by atoms with Crippen LogP contribution in [0, 0.1) is 0 Å². The molecule has 0 bridgehead atoms. The SMILES string of the molecule is CCN1CCC(N(C)c2ccc(CBr)cc2Br)CC1. The normalized spacial score (nSPS) is 17.7. The molecule has 4 heteroatoms. The number of likely N-dealkylation sites (tertiary alicyclic amines) is 1. The zero-order chi connectivity index (χ0) is 13.8. The van der Waals surface area contributed by atoms with Crippen LogP contribution in [0.1, 0.15) is 25.3 Å². The summed E-state index contributed by atoms with van der Waals surface area (Å²) in [7, 11) is 2.22. The maximum Gasteiger partial charge on any atom is 0.0510 e. The summed E-state index contributed by atoms with van der Waals surface area (Å²) in [5.74, 6) is 0. The Hall–Kier alpha value is -0.0600. The molecule has 1 aliphatic heterocycles. The first-order chi connectivity index (χ1) is 9.15. The van der Waals surface area contributed by atoms with Crippen molar-refractivity contribution < 1.29 is 0 Å². The van der Waals surface area contributed by atoms with Crippen LogP contribution in [0.2, 0.25) is 0 Å². The quantitative estimate of drug-likeness (QED) is 0.709. The van der Waals surface area contributed by atoms with Crippen molar-refractivity contribution in [3.05, 3.63) is 28.2 Å². The minimum atomic E-state index is 0.661. The smallest absolute Gasteiger partial charge is 0.0510 e. The lowest BCUT2D eigenvalue weighted by Crippen LogP contribution is -2.43. The fourth-order valence-corrected chi connectivity index (χ4v) is 3.79. The van der Waals surface area contributed by atoms with Gasteiger partial charge in [-0.2, -0.15) is 0 Å². The first-order valence-electron chi connectivity index (χ1n) is 6.95. The third-order valence-electron chi connectivity index (χ3n) is 4.10. The van der Waals surface area contributed by atoms with Gasteiger partial charge >= 0.3 is 0 Å². The van der Waals surface area contributed by atoms with Crippen LogP contribution in [0.25, 0.3) is 0 Å². The van der Waals surface area contributed by atoms with Crippen LogP contribution in [0.15, 0.2) is 22.7 Å². The summed E-state index contributed by atoms with van der Waals surface area (Å²) >= 11 is 7.21. The molecule has 0 aromatic heterocycles. The minimum absolute atomic E-state index is 0.661. The van der Waals surface area contributed by atoms with E-state index in [1.807, 2.05) is 0 Å². The van der Waals surface area contributed by atoms with Gasteiger partial charge in [-0.15, -0.1) is 0 Å². The summed E-state index contributed by atoms with van der Waals surface area (Å²) in [6.45, 7) is 5.88. The largest absolute Gasteiger partial charge is 0.371 e. The molecule has 0 atom stereocenters. The fourth-order valence-electron chi connectivity index (χ4n) is 2.74. The molecule has 1 heterocycles. The maximum absolute atomic E-state index is 3.71. The monoisotopic (exact) mass is 388 g/mol. The molecule has 0 amide bonds.